The van der Waals surface area contributed by atoms with Gasteiger partial charge in [-0.25, -0.2) is 24.0 Å². The Bertz CT molecular complexity index is 1270. The predicted octanol–water partition coefficient (Wildman–Crippen LogP) is 2.14. The van der Waals surface area contributed by atoms with Crippen molar-refractivity contribution in [2.45, 2.75) is 37.1 Å². The Kier molecular flexibility index (Phi) is 5.65. The molecule has 0 spiro atoms. The molecule has 0 saturated heterocycles. The minimum absolute atomic E-state index is 0.00727. The summed E-state index contributed by atoms with van der Waals surface area (Å²) in [6.07, 6.45) is 4.10. The van der Waals surface area contributed by atoms with Crippen molar-refractivity contribution in [3.8, 4) is 0 Å². The molecule has 0 saturated carbocycles. The molecule has 0 fully saturated rings. The van der Waals surface area contributed by atoms with Crippen molar-refractivity contribution in [3.63, 3.8) is 0 Å². The van der Waals surface area contributed by atoms with E-state index in [4.69, 9.17) is 5.14 Å². The minimum Gasteiger partial charge on any atom is -0.324 e. The maximum atomic E-state index is 14.6. The lowest BCUT2D eigenvalue weighted by Gasteiger charge is -2.09. The number of aryl methyl sites for hydroxylation is 1. The molecule has 0 radical (unpaired) electrons. The summed E-state index contributed by atoms with van der Waals surface area (Å²) in [4.78, 5) is 20.4. The lowest BCUT2D eigenvalue weighted by Crippen LogP contribution is -2.18. The number of nitrogens with one attached hydrogen (secondary N) is 2. The second-order valence-electron chi connectivity index (χ2n) is 7.10. The van der Waals surface area contributed by atoms with Crippen LogP contribution in [0.25, 0.3) is 11.0 Å². The van der Waals surface area contributed by atoms with Crippen LogP contribution >= 0.6 is 0 Å². The maximum absolute atomic E-state index is 14.6. The molecule has 1 amide bonds. The van der Waals surface area contributed by atoms with Gasteiger partial charge < -0.3 is 9.88 Å². The molecule has 1 aromatic carbocycles. The van der Waals surface area contributed by atoms with Gasteiger partial charge >= 0.3 is 0 Å². The van der Waals surface area contributed by atoms with Crippen LogP contribution in [0.5, 0.6) is 0 Å². The fourth-order valence-corrected chi connectivity index (χ4v) is 3.83. The standard InChI is InChI=1S/C19H20FN7O3S/c20-17-15-10-12-11-22-19(23-13-5-7-14(8-6-13)31(21,29)30)24-18(12)27(15)9-3-1-2-4-16(28)25-26-17/h5-8,10-11H,1-4,9H2,(H,25,28)(H2,21,29,30)(H,22,23,24). The van der Waals surface area contributed by atoms with E-state index in [-0.39, 0.29) is 22.4 Å². The molecule has 3 heterocycles. The molecule has 4 N–H and O–H groups in total. The Labute approximate surface area is 177 Å². The van der Waals surface area contributed by atoms with E-state index in [0.29, 0.717) is 36.1 Å². The van der Waals surface area contributed by atoms with Crippen LogP contribution in [0.3, 0.4) is 0 Å². The molecule has 4 rings (SSSR count). The Hall–Kier alpha value is -3.38. The lowest BCUT2D eigenvalue weighted by atomic mass is 10.2. The number of nitrogens with two attached hydrogens (primary N) is 1. The first-order valence-electron chi connectivity index (χ1n) is 9.60. The van der Waals surface area contributed by atoms with Gasteiger partial charge in [0, 0.05) is 30.2 Å². The van der Waals surface area contributed by atoms with Crippen LogP contribution in [0, 0.1) is 0 Å². The van der Waals surface area contributed by atoms with Gasteiger partial charge in [0.15, 0.2) is 0 Å². The molecule has 162 valence electrons. The largest absolute Gasteiger partial charge is 0.324 e. The molecule has 0 unspecified atom stereocenters. The fourth-order valence-electron chi connectivity index (χ4n) is 3.31. The van der Waals surface area contributed by atoms with Crippen molar-refractivity contribution in [3.05, 3.63) is 42.2 Å². The van der Waals surface area contributed by atoms with Crippen LogP contribution in [-0.2, 0) is 21.4 Å². The molecular weight excluding hydrogens is 425 g/mol. The molecule has 1 aliphatic rings. The number of fused-ring (bicyclic) bond motifs is 3. The highest BCUT2D eigenvalue weighted by molar-refractivity contribution is 7.89. The molecule has 31 heavy (non-hydrogen) atoms. The SMILES string of the molecule is NS(=O)(=O)c1ccc(Nc2ncc3cc4n(c3n2)CCCCCC(=O)NN=C4F)cc1. The highest BCUT2D eigenvalue weighted by atomic mass is 32.2. The van der Waals surface area contributed by atoms with Gasteiger partial charge in [-0.2, -0.15) is 9.37 Å². The number of carbonyl (C=O) groups excluding carboxylic acids is 1. The number of hydrogen-bond donors (Lipinski definition) is 3. The number of rotatable bonds is 3. The second kappa shape index (κ2) is 8.40. The van der Waals surface area contributed by atoms with E-state index in [0.717, 1.165) is 12.8 Å². The van der Waals surface area contributed by atoms with Gasteiger partial charge in [0.05, 0.1) is 4.90 Å². The van der Waals surface area contributed by atoms with E-state index >= 15 is 0 Å². The summed E-state index contributed by atoms with van der Waals surface area (Å²) in [5, 5.41) is 12.3. The summed E-state index contributed by atoms with van der Waals surface area (Å²) in [5.41, 5.74) is 3.52. The Morgan fingerprint density at radius 3 is 2.68 bits per heavy atom. The van der Waals surface area contributed by atoms with Crippen LogP contribution in [0.15, 0.2) is 46.5 Å². The molecule has 1 aliphatic heterocycles. The number of halogens is 1. The molecule has 0 aliphatic carbocycles. The average molecular weight is 445 g/mol. The third-order valence-corrected chi connectivity index (χ3v) is 5.78. The van der Waals surface area contributed by atoms with Gasteiger partial charge in [-0.3, -0.25) is 4.79 Å². The number of nitrogens with zero attached hydrogens (tertiary/aromatic N) is 4. The number of carbonyl (C=O) groups is 1. The van der Waals surface area contributed by atoms with Gasteiger partial charge in [0.2, 0.25) is 21.9 Å². The fraction of sp³-hybridized carbons (Fsp3) is 0.263. The van der Waals surface area contributed by atoms with Crippen LogP contribution in [0.1, 0.15) is 31.4 Å². The zero-order valence-electron chi connectivity index (χ0n) is 16.4. The zero-order chi connectivity index (χ0) is 22.0. The van der Waals surface area contributed by atoms with Crippen molar-refractivity contribution >= 4 is 44.6 Å². The second-order valence-corrected chi connectivity index (χ2v) is 8.66. The monoisotopic (exact) mass is 445 g/mol. The van der Waals surface area contributed by atoms with Gasteiger partial charge in [-0.15, -0.1) is 5.10 Å². The molecule has 3 aromatic rings. The first-order valence-corrected chi connectivity index (χ1v) is 11.1. The minimum atomic E-state index is -3.78. The van der Waals surface area contributed by atoms with E-state index in [1.54, 1.807) is 29.0 Å². The van der Waals surface area contributed by atoms with Gasteiger partial charge in [-0.05, 0) is 43.2 Å². The molecule has 2 aromatic heterocycles. The number of sulfonamides is 1. The summed E-state index contributed by atoms with van der Waals surface area (Å²) < 4.78 is 39.1. The molecule has 12 heteroatoms. The number of hydrazone groups is 1. The van der Waals surface area contributed by atoms with Gasteiger partial charge in [0.1, 0.15) is 11.3 Å². The zero-order valence-corrected chi connectivity index (χ0v) is 17.2. The van der Waals surface area contributed by atoms with Crippen molar-refractivity contribution < 1.29 is 17.6 Å². The van der Waals surface area contributed by atoms with Crippen molar-refractivity contribution in [1.29, 1.82) is 0 Å². The predicted molar refractivity (Wildman–Crippen MR) is 113 cm³/mol. The number of primary sulfonamides is 1. The number of aromatic nitrogens is 3. The third-order valence-electron chi connectivity index (χ3n) is 4.85. The van der Waals surface area contributed by atoms with Gasteiger partial charge in [0.25, 0.3) is 5.97 Å². The van der Waals surface area contributed by atoms with Gasteiger partial charge in [-0.1, -0.05) is 6.42 Å². The molecule has 0 bridgehead atoms. The smallest absolute Gasteiger partial charge is 0.254 e. The summed E-state index contributed by atoms with van der Waals surface area (Å²) in [6.45, 7) is 0.509. The molecule has 10 nitrogen and oxygen atoms in total. The van der Waals surface area contributed by atoms with Crippen LogP contribution < -0.4 is 15.9 Å². The third kappa shape index (κ3) is 4.70. The maximum Gasteiger partial charge on any atom is 0.254 e. The quantitative estimate of drug-likeness (QED) is 0.563. The summed E-state index contributed by atoms with van der Waals surface area (Å²) in [5.74, 6) is -0.863. The topological polar surface area (TPSA) is 144 Å². The first-order chi connectivity index (χ1) is 14.8. The van der Waals surface area contributed by atoms with Crippen LogP contribution in [0.2, 0.25) is 0 Å². The highest BCUT2D eigenvalue weighted by Crippen LogP contribution is 2.23. The average Bonchev–Trinajstić information content (AvgIpc) is 3.08. The van der Waals surface area contributed by atoms with E-state index in [2.05, 4.69) is 25.8 Å². The van der Waals surface area contributed by atoms with Crippen LogP contribution in [-0.4, -0.2) is 34.8 Å². The van der Waals surface area contributed by atoms with E-state index < -0.39 is 16.0 Å². The van der Waals surface area contributed by atoms with E-state index in [1.807, 2.05) is 0 Å². The van der Waals surface area contributed by atoms with Crippen molar-refractivity contribution in [1.82, 2.24) is 20.0 Å². The molecular formula is C19H20FN7O3S. The van der Waals surface area contributed by atoms with Crippen molar-refractivity contribution in [2.24, 2.45) is 10.2 Å². The lowest BCUT2D eigenvalue weighted by molar-refractivity contribution is -0.121. The Balaban J connectivity index is 1.67. The summed E-state index contributed by atoms with van der Waals surface area (Å²) in [7, 11) is -3.78. The number of anilines is 2. The highest BCUT2D eigenvalue weighted by Gasteiger charge is 2.17. The normalized spacial score (nSPS) is 15.5. The van der Waals surface area contributed by atoms with E-state index in [9.17, 15) is 17.6 Å². The number of benzene rings is 1. The van der Waals surface area contributed by atoms with Crippen LogP contribution in [0.4, 0.5) is 16.0 Å². The summed E-state index contributed by atoms with van der Waals surface area (Å²) >= 11 is 0. The molecule has 0 atom stereocenters. The van der Waals surface area contributed by atoms with E-state index in [1.165, 1.54) is 12.1 Å². The summed E-state index contributed by atoms with van der Waals surface area (Å²) in [6, 6.07) is 7.42. The Morgan fingerprint density at radius 2 is 1.94 bits per heavy atom. The number of hydrogen-bond acceptors (Lipinski definition) is 7. The number of amides is 1. The van der Waals surface area contributed by atoms with Crippen molar-refractivity contribution in [2.75, 3.05) is 5.32 Å². The Morgan fingerprint density at radius 1 is 1.16 bits per heavy atom. The first kappa shape index (κ1) is 20.9.